The number of hydrogen-bond donors (Lipinski definition) is 1. The molecule has 0 spiro atoms. The van der Waals surface area contributed by atoms with Gasteiger partial charge < -0.3 is 4.90 Å². The summed E-state index contributed by atoms with van der Waals surface area (Å²) in [6.07, 6.45) is 2.04. The summed E-state index contributed by atoms with van der Waals surface area (Å²) in [4.78, 5) is 13.7. The molecule has 0 N–H and O–H groups in total. The molecule has 2 nitrogen and oxygen atoms in total. The lowest BCUT2D eigenvalue weighted by atomic mass is 10.2. The number of nitrogens with zero attached hydrogens (tertiary/aromatic N) is 1. The van der Waals surface area contributed by atoms with E-state index in [1.165, 1.54) is 4.90 Å². The summed E-state index contributed by atoms with van der Waals surface area (Å²) < 4.78 is 0. The minimum atomic E-state index is -0.209. The van der Waals surface area contributed by atoms with E-state index in [0.717, 1.165) is 5.56 Å². The topological polar surface area (TPSA) is 20.3 Å². The Morgan fingerprint density at radius 2 is 2.00 bits per heavy atom. The molecule has 76 valence electrons. The van der Waals surface area contributed by atoms with Gasteiger partial charge in [0.15, 0.2) is 0 Å². The van der Waals surface area contributed by atoms with E-state index in [9.17, 15) is 4.79 Å². The van der Waals surface area contributed by atoms with E-state index in [-0.39, 0.29) is 5.24 Å². The molecule has 0 aliphatic rings. The first-order valence-corrected chi connectivity index (χ1v) is 5.87. The van der Waals surface area contributed by atoms with Crippen LogP contribution in [0.15, 0.2) is 29.2 Å². The van der Waals surface area contributed by atoms with Crippen molar-refractivity contribution in [1.82, 2.24) is 4.90 Å². The molecule has 0 heterocycles. The van der Waals surface area contributed by atoms with Gasteiger partial charge in [-0.1, -0.05) is 24.8 Å². The van der Waals surface area contributed by atoms with Crippen LogP contribution in [0.4, 0.5) is 4.79 Å². The maximum absolute atomic E-state index is 10.9. The van der Waals surface area contributed by atoms with E-state index in [1.54, 1.807) is 23.7 Å². The second-order valence-electron chi connectivity index (χ2n) is 2.99. The molecule has 1 rings (SSSR count). The Morgan fingerprint density at radius 1 is 1.43 bits per heavy atom. The number of hydrogen-bond acceptors (Lipinski definition) is 2. The maximum atomic E-state index is 10.9. The Hall–Kier alpha value is -0.610. The van der Waals surface area contributed by atoms with E-state index in [1.807, 2.05) is 18.4 Å². The minimum absolute atomic E-state index is 0.209. The first-order valence-electron chi connectivity index (χ1n) is 4.20. The summed E-state index contributed by atoms with van der Waals surface area (Å²) >= 11 is 5.45. The minimum Gasteiger partial charge on any atom is -0.333 e. The molecule has 1 aromatic carbocycles. The quantitative estimate of drug-likeness (QED) is 0.633. The highest BCUT2D eigenvalue weighted by Crippen LogP contribution is 2.15. The summed E-state index contributed by atoms with van der Waals surface area (Å²) in [6, 6.07) is 8.16. The summed E-state index contributed by atoms with van der Waals surface area (Å²) in [5.41, 5.74) is 1.12. The number of carbonyl (C=O) groups excluding carboxylic acids is 1. The molecule has 0 aliphatic heterocycles. The van der Waals surface area contributed by atoms with Crippen LogP contribution in [0.1, 0.15) is 5.56 Å². The van der Waals surface area contributed by atoms with Gasteiger partial charge in [0, 0.05) is 18.5 Å². The van der Waals surface area contributed by atoms with Gasteiger partial charge in [0.05, 0.1) is 0 Å². The van der Waals surface area contributed by atoms with Gasteiger partial charge in [0.1, 0.15) is 0 Å². The molecule has 0 atom stereocenters. The van der Waals surface area contributed by atoms with Crippen LogP contribution in [-0.4, -0.2) is 23.4 Å². The van der Waals surface area contributed by atoms with Crippen LogP contribution < -0.4 is 0 Å². The standard InChI is InChI=1S/C10H13NOS2/c1-11(10(12)13)7-8-3-5-9(14-2)6-4-8/h3-6H,7H2,1-2H3,(H,12,13). The molecule has 0 fully saturated rings. The lowest BCUT2D eigenvalue weighted by Gasteiger charge is -2.13. The first kappa shape index (κ1) is 11.5. The second-order valence-corrected chi connectivity index (χ2v) is 4.25. The normalized spacial score (nSPS) is 9.93. The molecule has 0 bridgehead atoms. The predicted octanol–water partition coefficient (Wildman–Crippen LogP) is 2.89. The molecule has 0 saturated heterocycles. The van der Waals surface area contributed by atoms with Gasteiger partial charge in [-0.05, 0) is 24.0 Å². The van der Waals surface area contributed by atoms with Gasteiger partial charge in [-0.2, -0.15) is 0 Å². The van der Waals surface area contributed by atoms with E-state index < -0.39 is 0 Å². The highest BCUT2D eigenvalue weighted by atomic mass is 32.2. The fourth-order valence-electron chi connectivity index (χ4n) is 1.07. The molecule has 1 aromatic rings. The van der Waals surface area contributed by atoms with Gasteiger partial charge in [0.2, 0.25) is 0 Å². The summed E-state index contributed by atoms with van der Waals surface area (Å²) in [5.74, 6) is 0. The van der Waals surface area contributed by atoms with Crippen LogP contribution >= 0.6 is 24.4 Å². The fraction of sp³-hybridized carbons (Fsp3) is 0.300. The first-order chi connectivity index (χ1) is 6.63. The molecule has 4 heteroatoms. The van der Waals surface area contributed by atoms with Gasteiger partial charge >= 0.3 is 0 Å². The van der Waals surface area contributed by atoms with Crippen LogP contribution in [-0.2, 0) is 6.54 Å². The van der Waals surface area contributed by atoms with Crippen molar-refractivity contribution < 1.29 is 4.79 Å². The molecule has 1 amide bonds. The van der Waals surface area contributed by atoms with Gasteiger partial charge in [0.25, 0.3) is 5.24 Å². The van der Waals surface area contributed by atoms with E-state index in [2.05, 4.69) is 24.8 Å². The molecule has 0 radical (unpaired) electrons. The van der Waals surface area contributed by atoms with Crippen LogP contribution in [0.2, 0.25) is 0 Å². The molecule has 0 unspecified atom stereocenters. The summed E-state index contributed by atoms with van der Waals surface area (Å²) in [7, 11) is 1.73. The SMILES string of the molecule is CSc1ccc(CN(C)C(=O)S)cc1. The monoisotopic (exact) mass is 227 g/mol. The molecule has 0 saturated carbocycles. The van der Waals surface area contributed by atoms with Crippen LogP contribution in [0.25, 0.3) is 0 Å². The zero-order chi connectivity index (χ0) is 10.6. The number of thioether (sulfide) groups is 1. The Balaban J connectivity index is 2.64. The van der Waals surface area contributed by atoms with Crippen molar-refractivity contribution in [2.24, 2.45) is 0 Å². The van der Waals surface area contributed by atoms with Gasteiger partial charge in [-0.3, -0.25) is 4.79 Å². The van der Waals surface area contributed by atoms with Gasteiger partial charge in [-0.25, -0.2) is 0 Å². The fourth-order valence-corrected chi connectivity index (χ4v) is 1.55. The second kappa shape index (κ2) is 5.32. The largest absolute Gasteiger partial charge is 0.333 e. The number of amides is 1. The molecular formula is C10H13NOS2. The Kier molecular flexibility index (Phi) is 4.35. The third-order valence-corrected chi connectivity index (χ3v) is 2.99. The predicted molar refractivity (Wildman–Crippen MR) is 64.1 cm³/mol. The molecule has 14 heavy (non-hydrogen) atoms. The van der Waals surface area contributed by atoms with Crippen molar-refractivity contribution in [1.29, 1.82) is 0 Å². The lowest BCUT2D eigenvalue weighted by molar-refractivity contribution is 0.232. The number of benzene rings is 1. The highest BCUT2D eigenvalue weighted by molar-refractivity contribution is 7.98. The van der Waals surface area contributed by atoms with Crippen molar-refractivity contribution in [3.63, 3.8) is 0 Å². The van der Waals surface area contributed by atoms with Crippen LogP contribution in [0.3, 0.4) is 0 Å². The van der Waals surface area contributed by atoms with E-state index >= 15 is 0 Å². The molecule has 0 aliphatic carbocycles. The number of rotatable bonds is 3. The Labute approximate surface area is 94.1 Å². The number of carbonyl (C=O) groups is 1. The van der Waals surface area contributed by atoms with Crippen molar-refractivity contribution in [2.45, 2.75) is 11.4 Å². The average Bonchev–Trinajstić information content (AvgIpc) is 2.19. The van der Waals surface area contributed by atoms with Crippen molar-refractivity contribution in [3.8, 4) is 0 Å². The number of thiol groups is 1. The van der Waals surface area contributed by atoms with Gasteiger partial charge in [-0.15, -0.1) is 11.8 Å². The van der Waals surface area contributed by atoms with Crippen molar-refractivity contribution in [3.05, 3.63) is 29.8 Å². The van der Waals surface area contributed by atoms with Crippen LogP contribution in [0.5, 0.6) is 0 Å². The van der Waals surface area contributed by atoms with Crippen molar-refractivity contribution >= 4 is 29.6 Å². The third-order valence-electron chi connectivity index (χ3n) is 1.91. The molecule has 0 aromatic heterocycles. The smallest absolute Gasteiger partial charge is 0.278 e. The van der Waals surface area contributed by atoms with Crippen molar-refractivity contribution in [2.75, 3.05) is 13.3 Å². The third kappa shape index (κ3) is 3.27. The Morgan fingerprint density at radius 3 is 2.43 bits per heavy atom. The zero-order valence-electron chi connectivity index (χ0n) is 8.23. The summed E-state index contributed by atoms with van der Waals surface area (Å²) in [5, 5.41) is -0.209. The van der Waals surface area contributed by atoms with E-state index in [4.69, 9.17) is 0 Å². The maximum Gasteiger partial charge on any atom is 0.278 e. The highest BCUT2D eigenvalue weighted by Gasteiger charge is 2.03. The summed E-state index contributed by atoms with van der Waals surface area (Å²) in [6.45, 7) is 0.608. The lowest BCUT2D eigenvalue weighted by Crippen LogP contribution is -2.19. The Bertz CT molecular complexity index is 310. The molecular weight excluding hydrogens is 214 g/mol. The van der Waals surface area contributed by atoms with E-state index in [0.29, 0.717) is 6.54 Å². The average molecular weight is 227 g/mol. The zero-order valence-corrected chi connectivity index (χ0v) is 9.94. The van der Waals surface area contributed by atoms with Crippen LogP contribution in [0, 0.1) is 0 Å².